The molecule has 2 heterocycles. The quantitative estimate of drug-likeness (QED) is 0.173. The largest absolute Gasteiger partial charge is 0.357 e. The van der Waals surface area contributed by atoms with Crippen LogP contribution in [0.1, 0.15) is 37.2 Å². The van der Waals surface area contributed by atoms with E-state index >= 15 is 0 Å². The highest BCUT2D eigenvalue weighted by Gasteiger charge is 2.13. The Morgan fingerprint density at radius 1 is 1.41 bits per heavy atom. The van der Waals surface area contributed by atoms with Crippen molar-refractivity contribution in [3.8, 4) is 0 Å². The zero-order valence-electron chi connectivity index (χ0n) is 16.8. The van der Waals surface area contributed by atoms with Crippen molar-refractivity contribution in [3.63, 3.8) is 0 Å². The number of nitrogens with one attached hydrogen (secondary N) is 2. The third kappa shape index (κ3) is 7.98. The molecular formula is C18H31IN6S2. The van der Waals surface area contributed by atoms with E-state index in [-0.39, 0.29) is 24.0 Å². The molecule has 0 fully saturated rings. The summed E-state index contributed by atoms with van der Waals surface area (Å²) in [5, 5.41) is 13.4. The van der Waals surface area contributed by atoms with Crippen LogP contribution in [-0.4, -0.2) is 45.6 Å². The second-order valence-electron chi connectivity index (χ2n) is 6.28. The molecule has 0 spiro atoms. The average Bonchev–Trinajstić information content (AvgIpc) is 3.19. The number of halogens is 1. The van der Waals surface area contributed by atoms with Crippen LogP contribution in [0.5, 0.6) is 0 Å². The van der Waals surface area contributed by atoms with Crippen molar-refractivity contribution in [2.24, 2.45) is 12.0 Å². The highest BCUT2D eigenvalue weighted by molar-refractivity contribution is 14.0. The fourth-order valence-electron chi connectivity index (χ4n) is 2.72. The summed E-state index contributed by atoms with van der Waals surface area (Å²) in [6.45, 7) is 10.2. The summed E-state index contributed by atoms with van der Waals surface area (Å²) in [7, 11) is 2.00. The minimum atomic E-state index is 0. The number of aryl methyl sites for hydroxylation is 2. The lowest BCUT2D eigenvalue weighted by Crippen LogP contribution is -2.43. The first kappa shape index (κ1) is 24.2. The van der Waals surface area contributed by atoms with E-state index in [1.807, 2.05) is 23.3 Å². The molecule has 152 valence electrons. The van der Waals surface area contributed by atoms with Crippen molar-refractivity contribution in [2.75, 3.05) is 18.8 Å². The number of guanidine groups is 1. The molecule has 0 saturated carbocycles. The average molecular weight is 523 g/mol. The van der Waals surface area contributed by atoms with Gasteiger partial charge in [0, 0.05) is 49.2 Å². The molecule has 0 amide bonds. The summed E-state index contributed by atoms with van der Waals surface area (Å²) < 4.78 is 3.09. The van der Waals surface area contributed by atoms with Crippen LogP contribution in [-0.2, 0) is 13.5 Å². The lowest BCUT2D eigenvalue weighted by molar-refractivity contribution is 0.635. The second kappa shape index (κ2) is 12.6. The summed E-state index contributed by atoms with van der Waals surface area (Å²) in [6, 6.07) is 0.291. The topological polar surface area (TPSA) is 67.1 Å². The van der Waals surface area contributed by atoms with E-state index < -0.39 is 0 Å². The number of aromatic nitrogens is 3. The van der Waals surface area contributed by atoms with Crippen molar-refractivity contribution < 1.29 is 0 Å². The van der Waals surface area contributed by atoms with Crippen LogP contribution in [0.25, 0.3) is 0 Å². The molecule has 2 aromatic rings. The lowest BCUT2D eigenvalue weighted by atomic mass is 10.1. The van der Waals surface area contributed by atoms with Crippen molar-refractivity contribution in [2.45, 2.75) is 50.9 Å². The van der Waals surface area contributed by atoms with Gasteiger partial charge < -0.3 is 10.6 Å². The van der Waals surface area contributed by atoms with Crippen molar-refractivity contribution in [1.82, 2.24) is 25.4 Å². The zero-order valence-corrected chi connectivity index (χ0v) is 20.7. The van der Waals surface area contributed by atoms with Crippen LogP contribution in [0.15, 0.2) is 20.9 Å². The smallest absolute Gasteiger partial charge is 0.191 e. The predicted molar refractivity (Wildman–Crippen MR) is 128 cm³/mol. The van der Waals surface area contributed by atoms with Gasteiger partial charge in [0.05, 0.1) is 5.69 Å². The Hall–Kier alpha value is -0.810. The van der Waals surface area contributed by atoms with Crippen molar-refractivity contribution in [1.29, 1.82) is 0 Å². The number of hydrogen-bond acceptors (Lipinski definition) is 5. The summed E-state index contributed by atoms with van der Waals surface area (Å²) in [5.41, 5.74) is 3.67. The first-order chi connectivity index (χ1) is 12.5. The summed E-state index contributed by atoms with van der Waals surface area (Å²) in [4.78, 5) is 8.99. The Kier molecular flexibility index (Phi) is 11.3. The molecule has 27 heavy (non-hydrogen) atoms. The molecule has 0 bridgehead atoms. The molecule has 0 aromatic carbocycles. The van der Waals surface area contributed by atoms with E-state index in [9.17, 15) is 0 Å². The van der Waals surface area contributed by atoms with E-state index in [2.05, 4.69) is 48.4 Å². The van der Waals surface area contributed by atoms with Gasteiger partial charge in [0.1, 0.15) is 4.34 Å². The fraction of sp³-hybridized carbons (Fsp3) is 0.611. The number of thioether (sulfide) groups is 1. The van der Waals surface area contributed by atoms with Gasteiger partial charge in [-0.1, -0.05) is 11.8 Å². The fourth-order valence-corrected chi connectivity index (χ4v) is 4.35. The van der Waals surface area contributed by atoms with Gasteiger partial charge in [0.15, 0.2) is 5.96 Å². The van der Waals surface area contributed by atoms with Crippen LogP contribution in [0.2, 0.25) is 0 Å². The Balaban J connectivity index is 0.00000364. The standard InChI is InChI=1S/C18H30N6S2.HI/c1-6-19-17(20-8-7-10-25-18-21-9-11-26-18)22-13(2)12-16-14(3)23-24(5)15(16)4;/h9,11,13H,6-8,10,12H2,1-5H3,(H2,19,20,22);1H. The number of thiazole rings is 1. The first-order valence-corrected chi connectivity index (χ1v) is 10.9. The molecule has 1 atom stereocenters. The zero-order chi connectivity index (χ0) is 18.9. The Morgan fingerprint density at radius 3 is 2.78 bits per heavy atom. The van der Waals surface area contributed by atoms with Crippen LogP contribution >= 0.6 is 47.1 Å². The van der Waals surface area contributed by atoms with Gasteiger partial charge in [-0.25, -0.2) is 4.98 Å². The lowest BCUT2D eigenvalue weighted by Gasteiger charge is -2.18. The normalized spacial score (nSPS) is 12.6. The van der Waals surface area contributed by atoms with Gasteiger partial charge in [0.25, 0.3) is 0 Å². The van der Waals surface area contributed by atoms with Gasteiger partial charge in [-0.2, -0.15) is 5.10 Å². The second-order valence-corrected chi connectivity index (χ2v) is 8.52. The van der Waals surface area contributed by atoms with E-state index in [1.54, 1.807) is 23.1 Å². The molecule has 0 aliphatic rings. The predicted octanol–water partition coefficient (Wildman–Crippen LogP) is 3.78. The van der Waals surface area contributed by atoms with Gasteiger partial charge in [-0.3, -0.25) is 9.67 Å². The minimum absolute atomic E-state index is 0. The van der Waals surface area contributed by atoms with Crippen LogP contribution in [0.3, 0.4) is 0 Å². The van der Waals surface area contributed by atoms with E-state index in [0.29, 0.717) is 6.04 Å². The molecule has 6 nitrogen and oxygen atoms in total. The maximum Gasteiger partial charge on any atom is 0.191 e. The van der Waals surface area contributed by atoms with Crippen LogP contribution in [0, 0.1) is 13.8 Å². The third-order valence-corrected chi connectivity index (χ3v) is 6.16. The van der Waals surface area contributed by atoms with Gasteiger partial charge in [-0.15, -0.1) is 35.3 Å². The highest BCUT2D eigenvalue weighted by Crippen LogP contribution is 2.20. The SMILES string of the molecule is CCNC(=NCCCSc1nccs1)NC(C)Cc1c(C)nn(C)c1C.I. The van der Waals surface area contributed by atoms with Crippen LogP contribution in [0.4, 0.5) is 0 Å². The molecule has 0 aliphatic heterocycles. The molecule has 0 radical (unpaired) electrons. The maximum atomic E-state index is 4.71. The molecule has 0 aliphatic carbocycles. The number of nitrogens with zero attached hydrogens (tertiary/aromatic N) is 4. The monoisotopic (exact) mass is 522 g/mol. The summed E-state index contributed by atoms with van der Waals surface area (Å²) in [6.07, 6.45) is 3.83. The molecule has 2 rings (SSSR count). The first-order valence-electron chi connectivity index (χ1n) is 9.07. The van der Waals surface area contributed by atoms with E-state index in [0.717, 1.165) is 47.7 Å². The molecule has 0 saturated heterocycles. The van der Waals surface area contributed by atoms with Gasteiger partial charge in [-0.05, 0) is 46.1 Å². The van der Waals surface area contributed by atoms with Crippen molar-refractivity contribution in [3.05, 3.63) is 28.5 Å². The molecule has 9 heteroatoms. The highest BCUT2D eigenvalue weighted by atomic mass is 127. The summed E-state index contributed by atoms with van der Waals surface area (Å²) >= 11 is 3.49. The summed E-state index contributed by atoms with van der Waals surface area (Å²) in [5.74, 6) is 1.93. The molecule has 1 unspecified atom stereocenters. The van der Waals surface area contributed by atoms with Crippen molar-refractivity contribution >= 4 is 53.0 Å². The Morgan fingerprint density at radius 2 is 2.19 bits per heavy atom. The van der Waals surface area contributed by atoms with Gasteiger partial charge in [0.2, 0.25) is 0 Å². The number of aliphatic imine (C=N–C) groups is 1. The molecular weight excluding hydrogens is 491 g/mol. The Labute approximate surface area is 188 Å². The molecule has 2 aromatic heterocycles. The van der Waals surface area contributed by atoms with Gasteiger partial charge >= 0.3 is 0 Å². The van der Waals surface area contributed by atoms with E-state index in [1.165, 1.54) is 11.3 Å². The third-order valence-electron chi connectivity index (χ3n) is 4.10. The molecule has 2 N–H and O–H groups in total. The minimum Gasteiger partial charge on any atom is -0.357 e. The number of hydrogen-bond donors (Lipinski definition) is 2. The Bertz CT molecular complexity index is 699. The van der Waals surface area contributed by atoms with E-state index in [4.69, 9.17) is 4.99 Å². The number of rotatable bonds is 9. The maximum absolute atomic E-state index is 4.71. The van der Waals surface area contributed by atoms with Crippen LogP contribution < -0.4 is 10.6 Å².